The van der Waals surface area contributed by atoms with Gasteiger partial charge in [-0.3, -0.25) is 4.79 Å². The molecule has 1 aromatic heterocycles. The first-order valence-electron chi connectivity index (χ1n) is 4.81. The summed E-state index contributed by atoms with van der Waals surface area (Å²) in [6, 6.07) is 7.25. The van der Waals surface area contributed by atoms with Crippen molar-refractivity contribution in [2.45, 2.75) is 19.8 Å². The highest BCUT2D eigenvalue weighted by molar-refractivity contribution is 5.76. The van der Waals surface area contributed by atoms with Crippen LogP contribution < -0.4 is 5.43 Å². The van der Waals surface area contributed by atoms with Crippen LogP contribution in [-0.2, 0) is 6.42 Å². The topological polar surface area (TPSA) is 30.2 Å². The Morgan fingerprint density at radius 1 is 1.29 bits per heavy atom. The first kappa shape index (κ1) is 9.00. The van der Waals surface area contributed by atoms with E-state index in [-0.39, 0.29) is 5.43 Å². The minimum absolute atomic E-state index is 0.0317. The third-order valence-electron chi connectivity index (χ3n) is 2.26. The maximum Gasteiger partial charge on any atom is 0.192 e. The summed E-state index contributed by atoms with van der Waals surface area (Å²) in [4.78, 5) is 11.5. The van der Waals surface area contributed by atoms with Gasteiger partial charge in [0.05, 0.1) is 11.6 Å². The molecule has 0 saturated carbocycles. The zero-order valence-electron chi connectivity index (χ0n) is 8.12. The zero-order chi connectivity index (χ0) is 9.97. The molecule has 0 unspecified atom stereocenters. The summed E-state index contributed by atoms with van der Waals surface area (Å²) >= 11 is 0. The van der Waals surface area contributed by atoms with Crippen LogP contribution in [-0.4, -0.2) is 0 Å². The third-order valence-corrected chi connectivity index (χ3v) is 2.26. The molecule has 0 bridgehead atoms. The van der Waals surface area contributed by atoms with E-state index in [0.717, 1.165) is 12.8 Å². The Morgan fingerprint density at radius 3 is 2.93 bits per heavy atom. The first-order chi connectivity index (χ1) is 6.81. The van der Waals surface area contributed by atoms with Crippen molar-refractivity contribution in [2.24, 2.45) is 0 Å². The summed E-state index contributed by atoms with van der Waals surface area (Å²) in [5.74, 6) is 0. The molecule has 0 atom stereocenters. The smallest absolute Gasteiger partial charge is 0.192 e. The summed E-state index contributed by atoms with van der Waals surface area (Å²) in [5, 5.41) is 0.679. The Kier molecular flexibility index (Phi) is 2.35. The van der Waals surface area contributed by atoms with Gasteiger partial charge in [-0.1, -0.05) is 19.4 Å². The SMILES string of the molecule is CCCc1ccc2occc(=O)c2c1. The van der Waals surface area contributed by atoms with Crippen molar-refractivity contribution in [1.29, 1.82) is 0 Å². The highest BCUT2D eigenvalue weighted by atomic mass is 16.3. The molecule has 0 amide bonds. The molecule has 0 radical (unpaired) electrons. The molecule has 72 valence electrons. The molecule has 2 heteroatoms. The van der Waals surface area contributed by atoms with Crippen LogP contribution in [0.4, 0.5) is 0 Å². The van der Waals surface area contributed by atoms with E-state index in [9.17, 15) is 4.79 Å². The van der Waals surface area contributed by atoms with Crippen LogP contribution in [0.1, 0.15) is 18.9 Å². The van der Waals surface area contributed by atoms with Gasteiger partial charge in [-0.2, -0.15) is 0 Å². The van der Waals surface area contributed by atoms with Gasteiger partial charge >= 0.3 is 0 Å². The van der Waals surface area contributed by atoms with Gasteiger partial charge in [-0.05, 0) is 24.1 Å². The van der Waals surface area contributed by atoms with E-state index in [0.29, 0.717) is 11.0 Å². The van der Waals surface area contributed by atoms with Crippen molar-refractivity contribution in [3.63, 3.8) is 0 Å². The van der Waals surface area contributed by atoms with Crippen LogP contribution in [0.25, 0.3) is 11.0 Å². The molecule has 14 heavy (non-hydrogen) atoms. The second-order valence-corrected chi connectivity index (χ2v) is 3.37. The normalized spacial score (nSPS) is 10.6. The zero-order valence-corrected chi connectivity index (χ0v) is 8.12. The van der Waals surface area contributed by atoms with Gasteiger partial charge in [0.15, 0.2) is 5.43 Å². The summed E-state index contributed by atoms with van der Waals surface area (Å²) in [6.45, 7) is 2.12. The number of aryl methyl sites for hydroxylation is 1. The fourth-order valence-corrected chi connectivity index (χ4v) is 1.58. The average Bonchev–Trinajstić information content (AvgIpc) is 2.20. The van der Waals surface area contributed by atoms with Crippen molar-refractivity contribution >= 4 is 11.0 Å². The minimum Gasteiger partial charge on any atom is -0.464 e. The Labute approximate surface area is 82.2 Å². The van der Waals surface area contributed by atoms with E-state index >= 15 is 0 Å². The molecular weight excluding hydrogens is 176 g/mol. The van der Waals surface area contributed by atoms with E-state index in [1.54, 1.807) is 0 Å². The van der Waals surface area contributed by atoms with Gasteiger partial charge in [0.2, 0.25) is 0 Å². The third kappa shape index (κ3) is 1.55. The predicted molar refractivity (Wildman–Crippen MR) is 56.5 cm³/mol. The number of fused-ring (bicyclic) bond motifs is 1. The molecule has 2 nitrogen and oxygen atoms in total. The van der Waals surface area contributed by atoms with Crippen molar-refractivity contribution in [3.05, 3.63) is 46.3 Å². The molecule has 0 aliphatic carbocycles. The molecule has 2 aromatic rings. The quantitative estimate of drug-likeness (QED) is 0.725. The lowest BCUT2D eigenvalue weighted by Crippen LogP contribution is -1.98. The van der Waals surface area contributed by atoms with E-state index in [2.05, 4.69) is 6.92 Å². The minimum atomic E-state index is 0.0317. The number of benzene rings is 1. The molecule has 1 heterocycles. The lowest BCUT2D eigenvalue weighted by molar-refractivity contribution is 0.602. The number of hydrogen-bond acceptors (Lipinski definition) is 2. The largest absolute Gasteiger partial charge is 0.464 e. The van der Waals surface area contributed by atoms with Gasteiger partial charge < -0.3 is 4.42 Å². The molecule has 2 rings (SSSR count). The Bertz CT molecular complexity index is 497. The van der Waals surface area contributed by atoms with Gasteiger partial charge in [0.1, 0.15) is 5.58 Å². The van der Waals surface area contributed by atoms with Crippen LogP contribution in [0.2, 0.25) is 0 Å². The molecule has 0 aliphatic heterocycles. The van der Waals surface area contributed by atoms with Crippen molar-refractivity contribution < 1.29 is 4.42 Å². The maximum atomic E-state index is 11.5. The number of rotatable bonds is 2. The van der Waals surface area contributed by atoms with E-state index < -0.39 is 0 Å². The lowest BCUT2D eigenvalue weighted by atomic mass is 10.1. The first-order valence-corrected chi connectivity index (χ1v) is 4.81. The highest BCUT2D eigenvalue weighted by Crippen LogP contribution is 2.13. The van der Waals surface area contributed by atoms with Crippen LogP contribution in [0.15, 0.2) is 39.7 Å². The van der Waals surface area contributed by atoms with E-state index in [1.807, 2.05) is 18.2 Å². The van der Waals surface area contributed by atoms with Gasteiger partial charge in [0.25, 0.3) is 0 Å². The highest BCUT2D eigenvalue weighted by Gasteiger charge is 2.00. The van der Waals surface area contributed by atoms with Crippen LogP contribution in [0, 0.1) is 0 Å². The molecule has 0 fully saturated rings. The van der Waals surface area contributed by atoms with Crippen LogP contribution in [0.5, 0.6) is 0 Å². The molecule has 0 saturated heterocycles. The Balaban J connectivity index is 2.64. The lowest BCUT2D eigenvalue weighted by Gasteiger charge is -1.99. The molecule has 1 aromatic carbocycles. The predicted octanol–water partition coefficient (Wildman–Crippen LogP) is 2.75. The van der Waals surface area contributed by atoms with E-state index in [4.69, 9.17) is 4.42 Å². The van der Waals surface area contributed by atoms with Crippen LogP contribution >= 0.6 is 0 Å². The van der Waals surface area contributed by atoms with E-state index in [1.165, 1.54) is 17.9 Å². The van der Waals surface area contributed by atoms with Gasteiger partial charge in [-0.25, -0.2) is 0 Å². The summed E-state index contributed by atoms with van der Waals surface area (Å²) in [7, 11) is 0. The molecule has 0 aliphatic rings. The fraction of sp³-hybridized carbons (Fsp3) is 0.250. The summed E-state index contributed by atoms with van der Waals surface area (Å²) in [5.41, 5.74) is 1.89. The van der Waals surface area contributed by atoms with Crippen molar-refractivity contribution in [1.82, 2.24) is 0 Å². The van der Waals surface area contributed by atoms with Gasteiger partial charge in [0, 0.05) is 6.07 Å². The van der Waals surface area contributed by atoms with Crippen molar-refractivity contribution in [2.75, 3.05) is 0 Å². The number of hydrogen-bond donors (Lipinski definition) is 0. The maximum absolute atomic E-state index is 11.5. The van der Waals surface area contributed by atoms with Crippen molar-refractivity contribution in [3.8, 4) is 0 Å². The Morgan fingerprint density at radius 2 is 2.14 bits per heavy atom. The second-order valence-electron chi connectivity index (χ2n) is 3.37. The fourth-order valence-electron chi connectivity index (χ4n) is 1.58. The molecular formula is C12H12O2. The molecule has 0 spiro atoms. The summed E-state index contributed by atoms with van der Waals surface area (Å²) < 4.78 is 5.23. The Hall–Kier alpha value is -1.57. The average molecular weight is 188 g/mol. The second kappa shape index (κ2) is 3.66. The standard InChI is InChI=1S/C12H12O2/c1-2-3-9-4-5-12-10(8-9)11(13)6-7-14-12/h4-8H,2-3H2,1H3. The molecule has 0 N–H and O–H groups in total. The van der Waals surface area contributed by atoms with Crippen LogP contribution in [0.3, 0.4) is 0 Å². The summed E-state index contributed by atoms with van der Waals surface area (Å²) in [6.07, 6.45) is 3.53. The monoisotopic (exact) mass is 188 g/mol. The van der Waals surface area contributed by atoms with Gasteiger partial charge in [-0.15, -0.1) is 0 Å².